The Hall–Kier alpha value is -2.08. The Morgan fingerprint density at radius 1 is 1.22 bits per heavy atom. The highest BCUT2D eigenvalue weighted by Gasteiger charge is 2.30. The highest BCUT2D eigenvalue weighted by atomic mass is 16.5. The van der Waals surface area contributed by atoms with Gasteiger partial charge in [0.1, 0.15) is 5.75 Å². The maximum Gasteiger partial charge on any atom is 0.262 e. The van der Waals surface area contributed by atoms with Crippen LogP contribution in [-0.2, 0) is 16.0 Å². The van der Waals surface area contributed by atoms with Gasteiger partial charge in [-0.3, -0.25) is 9.59 Å². The van der Waals surface area contributed by atoms with Gasteiger partial charge in [0.2, 0.25) is 5.91 Å². The van der Waals surface area contributed by atoms with Crippen molar-refractivity contribution >= 4 is 17.5 Å². The standard InChI is InChI=1S/C21H31N3O3/c1-21(2)8-12-24(20(26)14-21)11-4-3-9-22-10-7-16-5-6-18-17(13-16)23-19(25)15-27-18/h5-6,13,22H,3-4,7-12,14-15H2,1-2H3,(H,23,25). The van der Waals surface area contributed by atoms with Crippen LogP contribution < -0.4 is 15.4 Å². The zero-order valence-electron chi connectivity index (χ0n) is 16.5. The zero-order chi connectivity index (χ0) is 19.3. The van der Waals surface area contributed by atoms with Crippen LogP contribution in [0, 0.1) is 5.41 Å². The van der Waals surface area contributed by atoms with Crippen LogP contribution in [0.4, 0.5) is 5.69 Å². The molecule has 148 valence electrons. The van der Waals surface area contributed by atoms with E-state index in [1.165, 1.54) is 5.56 Å². The summed E-state index contributed by atoms with van der Waals surface area (Å²) in [4.78, 5) is 25.5. The third-order valence-electron chi connectivity index (χ3n) is 5.34. The maximum atomic E-state index is 12.1. The molecule has 0 unspecified atom stereocenters. The molecular weight excluding hydrogens is 342 g/mol. The third-order valence-corrected chi connectivity index (χ3v) is 5.34. The first-order valence-corrected chi connectivity index (χ1v) is 9.97. The number of hydrogen-bond donors (Lipinski definition) is 2. The minimum Gasteiger partial charge on any atom is -0.482 e. The molecule has 1 aromatic carbocycles. The summed E-state index contributed by atoms with van der Waals surface area (Å²) in [6.45, 7) is 8.07. The summed E-state index contributed by atoms with van der Waals surface area (Å²) in [6.07, 6.45) is 4.80. The smallest absolute Gasteiger partial charge is 0.262 e. The van der Waals surface area contributed by atoms with Gasteiger partial charge < -0.3 is 20.3 Å². The number of anilines is 1. The van der Waals surface area contributed by atoms with Crippen LogP contribution in [0.3, 0.4) is 0 Å². The van der Waals surface area contributed by atoms with Crippen molar-refractivity contribution in [3.8, 4) is 5.75 Å². The SMILES string of the molecule is CC1(C)CCN(CCCCNCCc2ccc3c(c2)NC(=O)CO3)C(=O)C1. The van der Waals surface area contributed by atoms with E-state index in [0.717, 1.165) is 63.3 Å². The Kier molecular flexibility index (Phi) is 6.37. The summed E-state index contributed by atoms with van der Waals surface area (Å²) in [7, 11) is 0. The van der Waals surface area contributed by atoms with Crippen molar-refractivity contribution in [2.45, 2.75) is 46.0 Å². The number of fused-ring (bicyclic) bond motifs is 1. The monoisotopic (exact) mass is 373 g/mol. The van der Waals surface area contributed by atoms with Crippen molar-refractivity contribution < 1.29 is 14.3 Å². The molecule has 6 nitrogen and oxygen atoms in total. The van der Waals surface area contributed by atoms with Crippen LogP contribution >= 0.6 is 0 Å². The lowest BCUT2D eigenvalue weighted by Crippen LogP contribution is -2.42. The Bertz CT molecular complexity index is 687. The molecule has 1 saturated heterocycles. The van der Waals surface area contributed by atoms with Gasteiger partial charge in [0.25, 0.3) is 5.91 Å². The molecule has 3 rings (SSSR count). The van der Waals surface area contributed by atoms with Crippen molar-refractivity contribution in [1.29, 1.82) is 0 Å². The average Bonchev–Trinajstić information content (AvgIpc) is 2.61. The molecular formula is C21H31N3O3. The first-order valence-electron chi connectivity index (χ1n) is 9.97. The van der Waals surface area contributed by atoms with E-state index in [2.05, 4.69) is 24.5 Å². The Balaban J connectivity index is 1.28. The molecule has 2 N–H and O–H groups in total. The van der Waals surface area contributed by atoms with Crippen molar-refractivity contribution in [3.63, 3.8) is 0 Å². The number of unbranched alkanes of at least 4 members (excludes halogenated alkanes) is 1. The van der Waals surface area contributed by atoms with Gasteiger partial charge in [0.15, 0.2) is 6.61 Å². The van der Waals surface area contributed by atoms with Crippen LogP contribution in [0.1, 0.15) is 45.1 Å². The van der Waals surface area contributed by atoms with Gasteiger partial charge in [-0.2, -0.15) is 0 Å². The van der Waals surface area contributed by atoms with E-state index in [0.29, 0.717) is 12.3 Å². The van der Waals surface area contributed by atoms with Gasteiger partial charge in [0.05, 0.1) is 5.69 Å². The summed E-state index contributed by atoms with van der Waals surface area (Å²) in [6, 6.07) is 5.94. The van der Waals surface area contributed by atoms with E-state index >= 15 is 0 Å². The molecule has 0 spiro atoms. The number of ether oxygens (including phenoxy) is 1. The van der Waals surface area contributed by atoms with Crippen molar-refractivity contribution in [2.24, 2.45) is 5.41 Å². The van der Waals surface area contributed by atoms with E-state index in [1.807, 2.05) is 23.1 Å². The number of likely N-dealkylation sites (tertiary alicyclic amines) is 1. The fourth-order valence-corrected chi connectivity index (χ4v) is 3.60. The second-order valence-corrected chi connectivity index (χ2v) is 8.35. The lowest BCUT2D eigenvalue weighted by Gasteiger charge is -2.36. The number of carbonyl (C=O) groups excluding carboxylic acids is 2. The molecule has 0 bridgehead atoms. The molecule has 2 heterocycles. The molecule has 2 amide bonds. The number of hydrogen-bond acceptors (Lipinski definition) is 4. The normalized spacial score (nSPS) is 18.7. The second kappa shape index (κ2) is 8.74. The average molecular weight is 373 g/mol. The molecule has 27 heavy (non-hydrogen) atoms. The number of nitrogens with one attached hydrogen (secondary N) is 2. The number of carbonyl (C=O) groups is 2. The van der Waals surface area contributed by atoms with E-state index in [1.54, 1.807) is 0 Å². The number of benzene rings is 1. The van der Waals surface area contributed by atoms with Crippen LogP contribution in [0.15, 0.2) is 18.2 Å². The highest BCUT2D eigenvalue weighted by Crippen LogP contribution is 2.30. The number of piperidine rings is 1. The molecule has 2 aliphatic rings. The quantitative estimate of drug-likeness (QED) is 0.687. The van der Waals surface area contributed by atoms with Crippen LogP contribution in [0.2, 0.25) is 0 Å². The van der Waals surface area contributed by atoms with Gasteiger partial charge in [-0.05, 0) is 61.9 Å². The predicted molar refractivity (Wildman–Crippen MR) is 106 cm³/mol. The molecule has 1 aromatic rings. The van der Waals surface area contributed by atoms with Gasteiger partial charge in [0, 0.05) is 19.5 Å². The second-order valence-electron chi connectivity index (χ2n) is 8.35. The first kappa shape index (κ1) is 19.7. The predicted octanol–water partition coefficient (Wildman–Crippen LogP) is 2.58. The van der Waals surface area contributed by atoms with E-state index in [-0.39, 0.29) is 17.9 Å². The third kappa shape index (κ3) is 5.70. The Labute approximate surface area is 161 Å². The number of rotatable bonds is 8. The molecule has 0 saturated carbocycles. The fraction of sp³-hybridized carbons (Fsp3) is 0.619. The molecule has 0 aromatic heterocycles. The number of amides is 2. The van der Waals surface area contributed by atoms with Gasteiger partial charge in [-0.1, -0.05) is 19.9 Å². The maximum absolute atomic E-state index is 12.1. The first-order chi connectivity index (χ1) is 12.9. The number of nitrogens with zero attached hydrogens (tertiary/aromatic N) is 1. The van der Waals surface area contributed by atoms with Crippen LogP contribution in [0.25, 0.3) is 0 Å². The minimum atomic E-state index is -0.103. The van der Waals surface area contributed by atoms with Crippen molar-refractivity contribution in [3.05, 3.63) is 23.8 Å². The molecule has 0 atom stereocenters. The summed E-state index contributed by atoms with van der Waals surface area (Å²) in [5, 5.41) is 6.30. The lowest BCUT2D eigenvalue weighted by molar-refractivity contribution is -0.137. The van der Waals surface area contributed by atoms with E-state index < -0.39 is 0 Å². The Morgan fingerprint density at radius 3 is 2.89 bits per heavy atom. The fourth-order valence-electron chi connectivity index (χ4n) is 3.60. The zero-order valence-corrected chi connectivity index (χ0v) is 16.5. The van der Waals surface area contributed by atoms with Crippen LogP contribution in [-0.4, -0.2) is 49.5 Å². The highest BCUT2D eigenvalue weighted by molar-refractivity contribution is 5.95. The van der Waals surface area contributed by atoms with E-state index in [9.17, 15) is 9.59 Å². The summed E-state index contributed by atoms with van der Waals surface area (Å²) < 4.78 is 5.37. The molecule has 2 aliphatic heterocycles. The molecule has 1 fully saturated rings. The molecule has 6 heteroatoms. The van der Waals surface area contributed by atoms with E-state index in [4.69, 9.17) is 4.74 Å². The summed E-state index contributed by atoms with van der Waals surface area (Å²) in [5.41, 5.74) is 2.10. The van der Waals surface area contributed by atoms with Gasteiger partial charge in [-0.25, -0.2) is 0 Å². The summed E-state index contributed by atoms with van der Waals surface area (Å²) >= 11 is 0. The molecule has 0 radical (unpaired) electrons. The van der Waals surface area contributed by atoms with Crippen LogP contribution in [0.5, 0.6) is 5.75 Å². The van der Waals surface area contributed by atoms with Crippen molar-refractivity contribution in [1.82, 2.24) is 10.2 Å². The van der Waals surface area contributed by atoms with Gasteiger partial charge in [-0.15, -0.1) is 0 Å². The lowest BCUT2D eigenvalue weighted by atomic mass is 9.82. The van der Waals surface area contributed by atoms with Gasteiger partial charge >= 0.3 is 0 Å². The Morgan fingerprint density at radius 2 is 2.07 bits per heavy atom. The minimum absolute atomic E-state index is 0.0920. The topological polar surface area (TPSA) is 70.7 Å². The van der Waals surface area contributed by atoms with Crippen molar-refractivity contribution in [2.75, 3.05) is 38.1 Å². The molecule has 0 aliphatic carbocycles. The summed E-state index contributed by atoms with van der Waals surface area (Å²) in [5.74, 6) is 0.943. The largest absolute Gasteiger partial charge is 0.482 e.